The molecule has 1 aliphatic carbocycles. The second kappa shape index (κ2) is 25.5. The van der Waals surface area contributed by atoms with Crippen molar-refractivity contribution in [2.45, 2.75) is 167 Å². The Hall–Kier alpha value is -4.10. The number of aliphatic hydroxyl groups is 2. The first-order valence-electron chi connectivity index (χ1n) is 25.1. The third kappa shape index (κ3) is 13.7. The van der Waals surface area contributed by atoms with Crippen molar-refractivity contribution in [2.75, 3.05) is 42.0 Å². The van der Waals surface area contributed by atoms with Gasteiger partial charge in [-0.25, -0.2) is 9.59 Å². The smallest absolute Gasteiger partial charge is 0.434 e. The first kappa shape index (κ1) is 56.8. The summed E-state index contributed by atoms with van der Waals surface area (Å²) in [4.78, 5) is 90.0. The van der Waals surface area contributed by atoms with Gasteiger partial charge in [-0.05, 0) is 106 Å². The predicted octanol–water partition coefficient (Wildman–Crippen LogP) is 6.04. The zero-order valence-electron chi connectivity index (χ0n) is 43.2. The molecule has 2 amide bonds. The lowest BCUT2D eigenvalue weighted by Crippen LogP contribution is -2.61. The van der Waals surface area contributed by atoms with E-state index in [4.69, 9.17) is 33.3 Å². The number of methoxy groups -OCH3 is 3. The van der Waals surface area contributed by atoms with Crippen molar-refractivity contribution in [2.24, 2.45) is 41.4 Å². The van der Waals surface area contributed by atoms with Gasteiger partial charge in [0.05, 0.1) is 25.4 Å². The number of allylic oxidation sites excluding steroid dienone is 6. The monoisotopic (exact) mass is 985 g/mol. The lowest BCUT2D eigenvalue weighted by atomic mass is 9.71. The van der Waals surface area contributed by atoms with E-state index < -0.39 is 96.1 Å². The van der Waals surface area contributed by atoms with Crippen LogP contribution in [0.5, 0.6) is 0 Å². The number of Topliss-reactive ketones (excluding diaryl/α,β-unsaturated/α-hetero) is 3. The number of amides is 2. The fourth-order valence-corrected chi connectivity index (χ4v) is 11.2. The maximum atomic E-state index is 14.4. The fraction of sp³-hybridized carbons (Fsp3) is 0.736. The second-order valence-electron chi connectivity index (χ2n) is 20.6. The topological polar surface area (TPSA) is 214 Å². The molecule has 5 aliphatic rings. The average Bonchev–Trinajstić information content (AvgIpc) is 3.43. The van der Waals surface area contributed by atoms with Gasteiger partial charge in [-0.3, -0.25) is 24.0 Å². The molecule has 0 spiro atoms. The minimum Gasteiger partial charge on any atom is -0.460 e. The van der Waals surface area contributed by atoms with Gasteiger partial charge in [0.2, 0.25) is 5.79 Å². The number of rotatable bonds is 7. The van der Waals surface area contributed by atoms with Gasteiger partial charge >= 0.3 is 12.1 Å². The van der Waals surface area contributed by atoms with Gasteiger partial charge in [0.15, 0.2) is 5.78 Å². The van der Waals surface area contributed by atoms with Crippen LogP contribution in [0.3, 0.4) is 0 Å². The SMILES string of the molecule is COC1C(=O)C(C)CC(C)/C=C/C=C/C=C(\C)[C@@H](OC)C[C@@H]2CCC(C)C(O)(O2)C(=O)C(=O)N2CC[C@H]3CC2C(=O)OC(CC(=O)C(C)/C=C(\C)C1O)C3CC1CC[C@@H](OC(=O)N(C)OC)C(OC)C1. The van der Waals surface area contributed by atoms with Crippen LogP contribution in [0.25, 0.3) is 0 Å². The number of esters is 1. The van der Waals surface area contributed by atoms with Crippen molar-refractivity contribution in [3.05, 3.63) is 47.6 Å². The van der Waals surface area contributed by atoms with Gasteiger partial charge in [-0.1, -0.05) is 64.2 Å². The molecule has 2 N–H and O–H groups in total. The number of carbonyl (C=O) groups excluding carboxylic acids is 6. The third-order valence-corrected chi connectivity index (χ3v) is 15.7. The van der Waals surface area contributed by atoms with Crippen molar-refractivity contribution in [3.63, 3.8) is 0 Å². The Morgan fingerprint density at radius 3 is 2.26 bits per heavy atom. The maximum absolute atomic E-state index is 14.4. The van der Waals surface area contributed by atoms with Crippen LogP contribution in [0.2, 0.25) is 0 Å². The van der Waals surface area contributed by atoms with Gasteiger partial charge in [0.1, 0.15) is 36.2 Å². The van der Waals surface area contributed by atoms with E-state index in [-0.39, 0.29) is 54.6 Å². The normalized spacial score (nSPS) is 40.3. The number of hydrogen-bond acceptors (Lipinski definition) is 15. The van der Waals surface area contributed by atoms with Crippen LogP contribution in [0.4, 0.5) is 4.79 Å². The highest BCUT2D eigenvalue weighted by atomic mass is 16.7. The van der Waals surface area contributed by atoms with Crippen LogP contribution in [0.15, 0.2) is 47.6 Å². The molecule has 16 atom stereocenters. The predicted molar refractivity (Wildman–Crippen MR) is 257 cm³/mol. The number of ketones is 3. The molecule has 4 fully saturated rings. The molecule has 0 aromatic carbocycles. The minimum absolute atomic E-state index is 0.00765. The highest BCUT2D eigenvalue weighted by Crippen LogP contribution is 2.44. The number of ether oxygens (including phenoxy) is 6. The number of piperidine rings is 1. The number of hydroxylamine groups is 2. The molecule has 70 heavy (non-hydrogen) atoms. The summed E-state index contributed by atoms with van der Waals surface area (Å²) in [5.74, 6) is -8.41. The number of carbonyl (C=O) groups is 6. The van der Waals surface area contributed by atoms with E-state index in [1.54, 1.807) is 41.1 Å². The molecule has 5 rings (SSSR count). The third-order valence-electron chi connectivity index (χ3n) is 15.7. The molecule has 0 aromatic rings. The molecule has 392 valence electrons. The van der Waals surface area contributed by atoms with Crippen molar-refractivity contribution in [1.82, 2.24) is 9.96 Å². The lowest BCUT2D eigenvalue weighted by Gasteiger charge is -2.43. The van der Waals surface area contributed by atoms with Gasteiger partial charge in [-0.2, -0.15) is 5.06 Å². The number of fused-ring (bicyclic) bond motifs is 5. The average molecular weight is 985 g/mol. The standard InChI is InChI=1S/C53H80N2O15/c1-30-15-13-12-14-16-31(2)43(64-8)28-38-19-17-35(6)53(63,70-38)49(59)50(60)55-22-21-37-27-40(55)51(61)68-44(29-41(56)32(3)24-34(5)47(58)48(66-10)46(57)33(4)23-30)39(37)25-36-18-20-42(45(26-36)65-9)69-52(62)54(7)67-11/h12-16,24,30,32-33,35-40,42-45,47-48,58,63H,17-23,25-29H2,1-11H3/b14-12+,15-13+,31-16+,34-24+/t30?,32?,33?,35?,36?,37-,38-,39?,40?,42+,43-,44?,45?,47?,48?,53?/m0/s1. The van der Waals surface area contributed by atoms with E-state index in [1.165, 1.54) is 26.2 Å². The molecule has 4 aliphatic heterocycles. The molecule has 5 bridgehead atoms. The van der Waals surface area contributed by atoms with Crippen molar-refractivity contribution in [1.29, 1.82) is 0 Å². The van der Waals surface area contributed by atoms with Crippen LogP contribution in [0.1, 0.15) is 112 Å². The highest BCUT2D eigenvalue weighted by molar-refractivity contribution is 6.39. The Labute approximate surface area is 414 Å². The molecule has 17 heteroatoms. The summed E-state index contributed by atoms with van der Waals surface area (Å²) < 4.78 is 35.5. The molecular weight excluding hydrogens is 905 g/mol. The van der Waals surface area contributed by atoms with E-state index in [9.17, 15) is 39.0 Å². The second-order valence-corrected chi connectivity index (χ2v) is 20.6. The van der Waals surface area contributed by atoms with E-state index in [2.05, 4.69) is 0 Å². The van der Waals surface area contributed by atoms with Crippen LogP contribution < -0.4 is 0 Å². The largest absolute Gasteiger partial charge is 0.460 e. The Bertz CT molecular complexity index is 1980. The molecule has 1 saturated carbocycles. The molecule has 3 saturated heterocycles. The van der Waals surface area contributed by atoms with E-state index in [0.717, 1.165) is 10.6 Å². The van der Waals surface area contributed by atoms with Crippen LogP contribution in [-0.2, 0) is 57.2 Å². The maximum Gasteiger partial charge on any atom is 0.434 e. The van der Waals surface area contributed by atoms with Gasteiger partial charge in [0.25, 0.3) is 11.7 Å². The van der Waals surface area contributed by atoms with Crippen LogP contribution in [-0.4, -0.2) is 152 Å². The van der Waals surface area contributed by atoms with Gasteiger partial charge < -0.3 is 43.5 Å². The van der Waals surface area contributed by atoms with Crippen molar-refractivity contribution in [3.8, 4) is 0 Å². The highest BCUT2D eigenvalue weighted by Gasteiger charge is 2.55. The Morgan fingerprint density at radius 1 is 0.857 bits per heavy atom. The van der Waals surface area contributed by atoms with Gasteiger partial charge in [-0.15, -0.1) is 0 Å². The molecule has 17 nitrogen and oxygen atoms in total. The molecular formula is C53H80N2O15. The Balaban J connectivity index is 1.48. The van der Waals surface area contributed by atoms with Crippen molar-refractivity contribution >= 4 is 35.3 Å². The summed E-state index contributed by atoms with van der Waals surface area (Å²) in [7, 11) is 7.32. The lowest BCUT2D eigenvalue weighted by molar-refractivity contribution is -0.265. The molecule has 0 aromatic heterocycles. The number of nitrogens with zero attached hydrogens (tertiary/aromatic N) is 2. The molecule has 4 heterocycles. The Morgan fingerprint density at radius 2 is 1.59 bits per heavy atom. The van der Waals surface area contributed by atoms with E-state index >= 15 is 0 Å². The van der Waals surface area contributed by atoms with Crippen molar-refractivity contribution < 1.29 is 72.2 Å². The summed E-state index contributed by atoms with van der Waals surface area (Å²) in [5, 5.41) is 24.5. The fourth-order valence-electron chi connectivity index (χ4n) is 11.2. The zero-order valence-corrected chi connectivity index (χ0v) is 43.2. The summed E-state index contributed by atoms with van der Waals surface area (Å²) in [6.07, 6.45) is 9.34. The zero-order chi connectivity index (χ0) is 51.6. The van der Waals surface area contributed by atoms with Crippen LogP contribution >= 0.6 is 0 Å². The van der Waals surface area contributed by atoms with E-state index in [0.29, 0.717) is 63.4 Å². The summed E-state index contributed by atoms with van der Waals surface area (Å²) >= 11 is 0. The van der Waals surface area contributed by atoms with Gasteiger partial charge in [0, 0.05) is 65.5 Å². The summed E-state index contributed by atoms with van der Waals surface area (Å²) in [6.45, 7) is 10.8. The summed E-state index contributed by atoms with van der Waals surface area (Å²) in [6, 6.07) is -1.16. The first-order valence-corrected chi connectivity index (χ1v) is 25.1. The summed E-state index contributed by atoms with van der Waals surface area (Å²) in [5.41, 5.74) is 1.25. The van der Waals surface area contributed by atoms with Crippen LogP contribution in [0, 0.1) is 41.4 Å². The quantitative estimate of drug-likeness (QED) is 0.129. The van der Waals surface area contributed by atoms with E-state index in [1.807, 2.05) is 51.2 Å². The molecule has 12 unspecified atom stereocenters. The molecule has 0 radical (unpaired) electrons. The first-order chi connectivity index (χ1) is 33.2. The number of aliphatic hydroxyl groups excluding tert-OH is 1. The number of hydrogen-bond donors (Lipinski definition) is 2. The minimum atomic E-state index is -2.45. The Kier molecular flexibility index (Phi) is 20.7.